The molecule has 14 heavy (non-hydrogen) atoms. The molecule has 0 atom stereocenters. The Balaban J connectivity index is 1.99. The molecule has 0 aromatic heterocycles. The molecule has 0 saturated heterocycles. The van der Waals surface area contributed by atoms with Gasteiger partial charge in [-0.3, -0.25) is 9.98 Å². The van der Waals surface area contributed by atoms with Gasteiger partial charge in [-0.1, -0.05) is 24.3 Å². The molecular formula is C12H10N2. The first kappa shape index (κ1) is 7.68. The Bertz CT molecular complexity index is 467. The minimum atomic E-state index is 0.930. The highest BCUT2D eigenvalue weighted by atomic mass is 14.9. The molecule has 68 valence electrons. The zero-order valence-electron chi connectivity index (χ0n) is 7.77. The van der Waals surface area contributed by atoms with E-state index in [0.717, 1.165) is 29.9 Å². The number of hydrogen-bond donors (Lipinski definition) is 0. The maximum Gasteiger partial charge on any atom is 0.0808 e. The number of hydrogen-bond acceptors (Lipinski definition) is 2. The van der Waals surface area contributed by atoms with Gasteiger partial charge in [0, 0.05) is 19.1 Å². The summed E-state index contributed by atoms with van der Waals surface area (Å²) in [6.45, 7) is 0. The van der Waals surface area contributed by atoms with Crippen LogP contribution in [-0.2, 0) is 6.42 Å². The molecule has 0 radical (unpaired) electrons. The topological polar surface area (TPSA) is 24.7 Å². The van der Waals surface area contributed by atoms with E-state index in [0.29, 0.717) is 0 Å². The van der Waals surface area contributed by atoms with Crippen LogP contribution in [0.3, 0.4) is 0 Å². The first-order chi connectivity index (χ1) is 6.93. The minimum Gasteiger partial charge on any atom is -0.259 e. The fourth-order valence-electron chi connectivity index (χ4n) is 1.84. The Hall–Kier alpha value is -1.70. The number of benzene rings is 1. The summed E-state index contributed by atoms with van der Waals surface area (Å²) >= 11 is 0. The van der Waals surface area contributed by atoms with Crippen LogP contribution in [0.15, 0.2) is 46.0 Å². The van der Waals surface area contributed by atoms with Crippen molar-refractivity contribution in [2.75, 3.05) is 0 Å². The van der Waals surface area contributed by atoms with Crippen molar-refractivity contribution >= 4 is 17.6 Å². The Morgan fingerprint density at radius 2 is 2.07 bits per heavy atom. The lowest BCUT2D eigenvalue weighted by molar-refractivity contribution is 1.36. The van der Waals surface area contributed by atoms with Crippen LogP contribution in [0.2, 0.25) is 0 Å². The summed E-state index contributed by atoms with van der Waals surface area (Å²) in [5.41, 5.74) is 4.58. The number of nitrogens with zero attached hydrogens (tertiary/aromatic N) is 2. The minimum absolute atomic E-state index is 0.930. The number of fused-ring (bicyclic) bond motifs is 1. The molecule has 3 rings (SSSR count). The van der Waals surface area contributed by atoms with Crippen LogP contribution in [0, 0.1) is 0 Å². The molecule has 2 heteroatoms. The second-order valence-corrected chi connectivity index (χ2v) is 3.50. The van der Waals surface area contributed by atoms with E-state index in [2.05, 4.69) is 34.3 Å². The van der Waals surface area contributed by atoms with Gasteiger partial charge in [0.15, 0.2) is 0 Å². The van der Waals surface area contributed by atoms with Crippen LogP contribution < -0.4 is 0 Å². The molecule has 0 saturated carbocycles. The van der Waals surface area contributed by atoms with Crippen molar-refractivity contribution in [3.63, 3.8) is 0 Å². The monoisotopic (exact) mass is 182 g/mol. The van der Waals surface area contributed by atoms with Gasteiger partial charge in [-0.05, 0) is 11.6 Å². The highest BCUT2D eigenvalue weighted by Crippen LogP contribution is 2.29. The molecule has 0 unspecified atom stereocenters. The van der Waals surface area contributed by atoms with Gasteiger partial charge < -0.3 is 0 Å². The Morgan fingerprint density at radius 3 is 2.86 bits per heavy atom. The summed E-state index contributed by atoms with van der Waals surface area (Å²) in [4.78, 5) is 8.87. The van der Waals surface area contributed by atoms with Crippen LogP contribution in [0.4, 0.5) is 5.69 Å². The van der Waals surface area contributed by atoms with Crippen LogP contribution in [0.5, 0.6) is 0 Å². The average molecular weight is 182 g/mol. The standard InChI is InChI=1S/C12H10N2/c1-2-5-10-9(4-1)8-12(14-10)11-6-3-7-13-11/h1-2,4-7H,3,8H2. The van der Waals surface area contributed by atoms with Gasteiger partial charge >= 0.3 is 0 Å². The molecule has 2 nitrogen and oxygen atoms in total. The predicted octanol–water partition coefficient (Wildman–Crippen LogP) is 2.67. The van der Waals surface area contributed by atoms with Crippen molar-refractivity contribution in [1.29, 1.82) is 0 Å². The molecule has 2 aliphatic rings. The van der Waals surface area contributed by atoms with E-state index in [9.17, 15) is 0 Å². The van der Waals surface area contributed by atoms with Gasteiger partial charge in [-0.2, -0.15) is 0 Å². The maximum absolute atomic E-state index is 4.57. The third-order valence-corrected chi connectivity index (χ3v) is 2.55. The molecule has 0 amide bonds. The largest absolute Gasteiger partial charge is 0.259 e. The van der Waals surface area contributed by atoms with E-state index in [-0.39, 0.29) is 0 Å². The Morgan fingerprint density at radius 1 is 1.14 bits per heavy atom. The normalized spacial score (nSPS) is 18.0. The number of allylic oxidation sites excluding steroid dienone is 2. The van der Waals surface area contributed by atoms with E-state index < -0.39 is 0 Å². The van der Waals surface area contributed by atoms with Gasteiger partial charge in [0.05, 0.1) is 17.1 Å². The van der Waals surface area contributed by atoms with Crippen molar-refractivity contribution in [3.8, 4) is 0 Å². The molecule has 1 aromatic carbocycles. The average Bonchev–Trinajstić information content (AvgIpc) is 2.86. The summed E-state index contributed by atoms with van der Waals surface area (Å²) in [6, 6.07) is 8.27. The summed E-state index contributed by atoms with van der Waals surface area (Å²) in [6.07, 6.45) is 5.94. The van der Waals surface area contributed by atoms with Gasteiger partial charge in [-0.15, -0.1) is 0 Å². The second-order valence-electron chi connectivity index (χ2n) is 3.50. The van der Waals surface area contributed by atoms with Crippen LogP contribution in [0.1, 0.15) is 12.0 Å². The highest BCUT2D eigenvalue weighted by molar-refractivity contribution is 6.07. The maximum atomic E-state index is 4.57. The summed E-state index contributed by atoms with van der Waals surface area (Å²) in [5, 5.41) is 0. The number of para-hydroxylation sites is 1. The van der Waals surface area contributed by atoms with Crippen molar-refractivity contribution in [1.82, 2.24) is 0 Å². The second kappa shape index (κ2) is 2.91. The van der Waals surface area contributed by atoms with Crippen molar-refractivity contribution in [3.05, 3.63) is 41.6 Å². The number of rotatable bonds is 1. The molecule has 0 spiro atoms. The van der Waals surface area contributed by atoms with E-state index >= 15 is 0 Å². The first-order valence-electron chi connectivity index (χ1n) is 4.82. The third-order valence-electron chi connectivity index (χ3n) is 2.55. The van der Waals surface area contributed by atoms with Crippen LogP contribution >= 0.6 is 0 Å². The van der Waals surface area contributed by atoms with E-state index in [4.69, 9.17) is 0 Å². The van der Waals surface area contributed by atoms with Crippen LogP contribution in [0.25, 0.3) is 0 Å². The summed E-state index contributed by atoms with van der Waals surface area (Å²) in [7, 11) is 0. The molecule has 0 fully saturated rings. The highest BCUT2D eigenvalue weighted by Gasteiger charge is 2.17. The van der Waals surface area contributed by atoms with E-state index in [1.807, 2.05) is 12.3 Å². The lowest BCUT2D eigenvalue weighted by Crippen LogP contribution is -1.98. The van der Waals surface area contributed by atoms with Gasteiger partial charge in [0.25, 0.3) is 0 Å². The summed E-state index contributed by atoms with van der Waals surface area (Å²) in [5.74, 6) is 0. The molecule has 1 aromatic rings. The fourth-order valence-corrected chi connectivity index (χ4v) is 1.84. The van der Waals surface area contributed by atoms with E-state index in [1.54, 1.807) is 0 Å². The van der Waals surface area contributed by atoms with Gasteiger partial charge in [0.2, 0.25) is 0 Å². The van der Waals surface area contributed by atoms with Crippen molar-refractivity contribution in [2.45, 2.75) is 12.8 Å². The fraction of sp³-hybridized carbons (Fsp3) is 0.167. The Labute approximate surface area is 82.7 Å². The zero-order chi connectivity index (χ0) is 9.38. The molecule has 0 aliphatic carbocycles. The van der Waals surface area contributed by atoms with Crippen molar-refractivity contribution in [2.24, 2.45) is 9.98 Å². The first-order valence-corrected chi connectivity index (χ1v) is 4.82. The predicted molar refractivity (Wildman–Crippen MR) is 58.4 cm³/mol. The lowest BCUT2D eigenvalue weighted by Gasteiger charge is -1.95. The molecule has 2 aliphatic heterocycles. The lowest BCUT2D eigenvalue weighted by atomic mass is 10.1. The third kappa shape index (κ3) is 1.11. The molecular weight excluding hydrogens is 172 g/mol. The smallest absolute Gasteiger partial charge is 0.0808 e. The zero-order valence-corrected chi connectivity index (χ0v) is 7.77. The Kier molecular flexibility index (Phi) is 1.60. The SMILES string of the molecule is C1=NC(C2=Nc3ccccc3C2)=CC1. The molecule has 0 N–H and O–H groups in total. The quantitative estimate of drug-likeness (QED) is 0.638. The van der Waals surface area contributed by atoms with Gasteiger partial charge in [-0.25, -0.2) is 0 Å². The van der Waals surface area contributed by atoms with Crippen molar-refractivity contribution < 1.29 is 0 Å². The van der Waals surface area contributed by atoms with Gasteiger partial charge in [0.1, 0.15) is 0 Å². The molecule has 0 bridgehead atoms. The van der Waals surface area contributed by atoms with Crippen LogP contribution in [-0.4, -0.2) is 11.9 Å². The van der Waals surface area contributed by atoms with E-state index in [1.165, 1.54) is 5.56 Å². The number of aliphatic imine (C=N–C) groups is 2. The summed E-state index contributed by atoms with van der Waals surface area (Å²) < 4.78 is 0. The molecule has 2 heterocycles.